The second-order valence-corrected chi connectivity index (χ2v) is 5.51. The number of aromatic nitrogens is 1. The Bertz CT molecular complexity index is 378. The van der Waals surface area contributed by atoms with Gasteiger partial charge in [-0.25, -0.2) is 4.98 Å². The molecule has 2 atom stereocenters. The Labute approximate surface area is 116 Å². The topological polar surface area (TPSA) is 24.9 Å². The second kappa shape index (κ2) is 7.14. The number of rotatable bonds is 6. The summed E-state index contributed by atoms with van der Waals surface area (Å²) in [5.41, 5.74) is -0.705. The maximum Gasteiger partial charge on any atom is 0.417 e. The fraction of sp³-hybridized carbons (Fsp3) is 0.615. The van der Waals surface area contributed by atoms with Gasteiger partial charge in [-0.05, 0) is 25.1 Å². The van der Waals surface area contributed by atoms with Crippen molar-refractivity contribution >= 4 is 11.8 Å². The molecular weight excluding hydrogens is 273 g/mol. The molecule has 1 heterocycles. The van der Waals surface area contributed by atoms with Gasteiger partial charge in [-0.1, -0.05) is 20.3 Å². The summed E-state index contributed by atoms with van der Waals surface area (Å²) in [5, 5.41) is 3.85. The van der Waals surface area contributed by atoms with E-state index in [-0.39, 0.29) is 0 Å². The third-order valence-corrected chi connectivity index (χ3v) is 4.24. The van der Waals surface area contributed by atoms with E-state index in [4.69, 9.17) is 0 Å². The normalized spacial score (nSPS) is 15.3. The number of pyridine rings is 1. The largest absolute Gasteiger partial charge is 0.417 e. The average molecular weight is 292 g/mol. The summed E-state index contributed by atoms with van der Waals surface area (Å²) < 4.78 is 37.1. The average Bonchev–Trinajstić information content (AvgIpc) is 2.38. The minimum absolute atomic E-state index is 0.332. The SMILES string of the molecule is CCC(C)C(CSc1ccc(C(F)(F)F)cn1)NC. The molecule has 108 valence electrons. The maximum atomic E-state index is 12.4. The zero-order chi connectivity index (χ0) is 14.5. The summed E-state index contributed by atoms with van der Waals surface area (Å²) in [7, 11) is 1.90. The van der Waals surface area contributed by atoms with E-state index in [9.17, 15) is 13.2 Å². The molecule has 0 aliphatic rings. The van der Waals surface area contributed by atoms with Gasteiger partial charge in [-0.2, -0.15) is 13.2 Å². The van der Waals surface area contributed by atoms with Crippen LogP contribution in [0.4, 0.5) is 13.2 Å². The van der Waals surface area contributed by atoms with Crippen LogP contribution in [-0.4, -0.2) is 23.8 Å². The van der Waals surface area contributed by atoms with Gasteiger partial charge in [0.25, 0.3) is 0 Å². The predicted octanol–water partition coefficient (Wildman–Crippen LogP) is 3.83. The number of halogens is 3. The first-order chi connectivity index (χ1) is 8.88. The smallest absolute Gasteiger partial charge is 0.316 e. The molecule has 19 heavy (non-hydrogen) atoms. The van der Waals surface area contributed by atoms with Gasteiger partial charge in [0.1, 0.15) is 0 Å². The molecular formula is C13H19F3N2S. The highest BCUT2D eigenvalue weighted by atomic mass is 32.2. The summed E-state index contributed by atoms with van der Waals surface area (Å²) in [6.45, 7) is 4.28. The minimum Gasteiger partial charge on any atom is -0.316 e. The van der Waals surface area contributed by atoms with E-state index in [1.807, 2.05) is 7.05 Å². The van der Waals surface area contributed by atoms with Crippen LogP contribution in [0.2, 0.25) is 0 Å². The maximum absolute atomic E-state index is 12.4. The lowest BCUT2D eigenvalue weighted by Gasteiger charge is -2.21. The first kappa shape index (κ1) is 16.3. The van der Waals surface area contributed by atoms with Crippen LogP contribution in [0.15, 0.2) is 23.4 Å². The van der Waals surface area contributed by atoms with Gasteiger partial charge in [0, 0.05) is 18.0 Å². The van der Waals surface area contributed by atoms with Crippen LogP contribution in [0.5, 0.6) is 0 Å². The van der Waals surface area contributed by atoms with Gasteiger partial charge in [-0.3, -0.25) is 0 Å². The highest BCUT2D eigenvalue weighted by Gasteiger charge is 2.30. The summed E-state index contributed by atoms with van der Waals surface area (Å²) in [5.74, 6) is 1.32. The molecule has 0 bridgehead atoms. The van der Waals surface area contributed by atoms with E-state index >= 15 is 0 Å². The summed E-state index contributed by atoms with van der Waals surface area (Å²) in [4.78, 5) is 3.85. The molecule has 2 unspecified atom stereocenters. The molecule has 1 N–H and O–H groups in total. The monoisotopic (exact) mass is 292 g/mol. The number of thioether (sulfide) groups is 1. The van der Waals surface area contributed by atoms with E-state index in [1.165, 1.54) is 17.8 Å². The van der Waals surface area contributed by atoms with E-state index in [0.29, 0.717) is 17.0 Å². The van der Waals surface area contributed by atoms with Gasteiger partial charge < -0.3 is 5.32 Å². The van der Waals surface area contributed by atoms with Crippen molar-refractivity contribution in [3.05, 3.63) is 23.9 Å². The van der Waals surface area contributed by atoms with Crippen molar-refractivity contribution in [2.24, 2.45) is 5.92 Å². The van der Waals surface area contributed by atoms with Crippen molar-refractivity contribution in [3.8, 4) is 0 Å². The Balaban J connectivity index is 2.59. The Morgan fingerprint density at radius 3 is 2.47 bits per heavy atom. The number of hydrogen-bond acceptors (Lipinski definition) is 3. The molecule has 6 heteroatoms. The molecule has 1 aromatic heterocycles. The fourth-order valence-corrected chi connectivity index (χ4v) is 2.76. The Morgan fingerprint density at radius 2 is 2.05 bits per heavy atom. The van der Waals surface area contributed by atoms with E-state index in [2.05, 4.69) is 24.1 Å². The molecule has 0 amide bonds. The third-order valence-electron chi connectivity index (χ3n) is 3.18. The first-order valence-corrected chi connectivity index (χ1v) is 7.20. The summed E-state index contributed by atoms with van der Waals surface area (Å²) in [6.07, 6.45) is -2.37. The minimum atomic E-state index is -4.32. The number of alkyl halides is 3. The first-order valence-electron chi connectivity index (χ1n) is 6.21. The fourth-order valence-electron chi connectivity index (χ4n) is 1.63. The quantitative estimate of drug-likeness (QED) is 0.807. The Kier molecular flexibility index (Phi) is 6.13. The van der Waals surface area contributed by atoms with Crippen LogP contribution in [0, 0.1) is 5.92 Å². The molecule has 0 saturated carbocycles. The zero-order valence-corrected chi connectivity index (χ0v) is 12.1. The van der Waals surface area contributed by atoms with Crippen LogP contribution in [0.3, 0.4) is 0 Å². The van der Waals surface area contributed by atoms with Crippen LogP contribution in [0.1, 0.15) is 25.8 Å². The molecule has 2 nitrogen and oxygen atoms in total. The molecule has 1 aromatic rings. The summed E-state index contributed by atoms with van der Waals surface area (Å²) >= 11 is 1.48. The van der Waals surface area contributed by atoms with Gasteiger partial charge in [-0.15, -0.1) is 11.8 Å². The van der Waals surface area contributed by atoms with Crippen molar-refractivity contribution in [2.45, 2.75) is 37.5 Å². The van der Waals surface area contributed by atoms with Gasteiger partial charge in [0.05, 0.1) is 10.6 Å². The Morgan fingerprint density at radius 1 is 1.37 bits per heavy atom. The molecule has 0 saturated heterocycles. The van der Waals surface area contributed by atoms with Crippen molar-refractivity contribution in [1.82, 2.24) is 10.3 Å². The lowest BCUT2D eigenvalue weighted by molar-refractivity contribution is -0.137. The molecule has 0 aliphatic heterocycles. The second-order valence-electron chi connectivity index (χ2n) is 4.47. The molecule has 0 radical (unpaired) electrons. The van der Waals surface area contributed by atoms with Crippen molar-refractivity contribution in [3.63, 3.8) is 0 Å². The van der Waals surface area contributed by atoms with Crippen LogP contribution < -0.4 is 5.32 Å². The van der Waals surface area contributed by atoms with Crippen LogP contribution in [0.25, 0.3) is 0 Å². The van der Waals surface area contributed by atoms with Gasteiger partial charge in [0.15, 0.2) is 0 Å². The highest BCUT2D eigenvalue weighted by molar-refractivity contribution is 7.99. The number of hydrogen-bond donors (Lipinski definition) is 1. The molecule has 0 aliphatic carbocycles. The van der Waals surface area contributed by atoms with E-state index < -0.39 is 11.7 Å². The predicted molar refractivity (Wildman–Crippen MR) is 72.3 cm³/mol. The lowest BCUT2D eigenvalue weighted by atomic mass is 10.0. The molecule has 0 spiro atoms. The number of nitrogens with zero attached hydrogens (tertiary/aromatic N) is 1. The third kappa shape index (κ3) is 5.03. The van der Waals surface area contributed by atoms with Gasteiger partial charge >= 0.3 is 6.18 Å². The summed E-state index contributed by atoms with van der Waals surface area (Å²) in [6, 6.07) is 2.84. The van der Waals surface area contributed by atoms with Gasteiger partial charge in [0.2, 0.25) is 0 Å². The van der Waals surface area contributed by atoms with Crippen LogP contribution in [-0.2, 0) is 6.18 Å². The van der Waals surface area contributed by atoms with Crippen molar-refractivity contribution in [2.75, 3.05) is 12.8 Å². The Hall–Kier alpha value is -0.750. The molecule has 1 rings (SSSR count). The number of nitrogens with one attached hydrogen (secondary N) is 1. The molecule has 0 fully saturated rings. The lowest BCUT2D eigenvalue weighted by Crippen LogP contribution is -2.34. The highest BCUT2D eigenvalue weighted by Crippen LogP contribution is 2.29. The van der Waals surface area contributed by atoms with Crippen molar-refractivity contribution in [1.29, 1.82) is 0 Å². The zero-order valence-electron chi connectivity index (χ0n) is 11.3. The van der Waals surface area contributed by atoms with Crippen molar-refractivity contribution < 1.29 is 13.2 Å². The van der Waals surface area contributed by atoms with E-state index in [0.717, 1.165) is 24.4 Å². The van der Waals surface area contributed by atoms with E-state index in [1.54, 1.807) is 0 Å². The molecule has 0 aromatic carbocycles. The standard InChI is InChI=1S/C13H19F3N2S/c1-4-9(2)11(17-3)8-19-12-6-5-10(7-18-12)13(14,15)16/h5-7,9,11,17H,4,8H2,1-3H3. The van der Waals surface area contributed by atoms with Crippen LogP contribution >= 0.6 is 11.8 Å².